The second-order valence-corrected chi connectivity index (χ2v) is 7.38. The van der Waals surface area contributed by atoms with Gasteiger partial charge in [0.25, 0.3) is 11.6 Å². The van der Waals surface area contributed by atoms with E-state index in [4.69, 9.17) is 20.9 Å². The molecule has 2 heterocycles. The highest BCUT2D eigenvalue weighted by Crippen LogP contribution is 2.24. The van der Waals surface area contributed by atoms with Crippen LogP contribution in [0.3, 0.4) is 0 Å². The number of carbonyl (C=O) groups is 2. The molecular weight excluding hydrogens is 430 g/mol. The molecule has 166 valence electrons. The maximum Gasteiger partial charge on any atom is 0.270 e. The molecule has 0 atom stereocenters. The molecule has 1 fully saturated rings. The molecule has 11 nitrogen and oxygen atoms in total. The summed E-state index contributed by atoms with van der Waals surface area (Å²) >= 11 is 6.13. The lowest BCUT2D eigenvalue weighted by atomic mass is 10.1. The zero-order chi connectivity index (χ0) is 22.4. The fraction of sp³-hybridized carbons (Fsp3) is 0.421. The molecule has 0 aliphatic carbocycles. The van der Waals surface area contributed by atoms with Crippen LogP contribution in [0.2, 0.25) is 5.02 Å². The largest absolute Gasteiger partial charge is 0.379 e. The minimum atomic E-state index is -0.594. The Hall–Kier alpha value is -3.02. The van der Waals surface area contributed by atoms with Gasteiger partial charge < -0.3 is 19.5 Å². The molecule has 1 saturated heterocycles. The number of amides is 2. The fourth-order valence-corrected chi connectivity index (χ4v) is 3.34. The average Bonchev–Trinajstić information content (AvgIpc) is 3.15. The molecule has 3 rings (SSSR count). The lowest BCUT2D eigenvalue weighted by Gasteiger charge is -2.30. The molecule has 2 aromatic rings. The number of aromatic nitrogens is 1. The van der Waals surface area contributed by atoms with Gasteiger partial charge in [0.1, 0.15) is 12.3 Å². The number of benzene rings is 1. The molecule has 1 N–H and O–H groups in total. The van der Waals surface area contributed by atoms with Gasteiger partial charge in [0.15, 0.2) is 5.82 Å². The van der Waals surface area contributed by atoms with E-state index in [-0.39, 0.29) is 35.2 Å². The first-order valence-corrected chi connectivity index (χ1v) is 9.98. The number of nitro groups is 1. The number of morpholine rings is 1. The summed E-state index contributed by atoms with van der Waals surface area (Å²) in [6, 6.07) is 5.18. The van der Waals surface area contributed by atoms with Crippen LogP contribution in [0.4, 0.5) is 11.5 Å². The molecule has 0 unspecified atom stereocenters. The number of non-ortho nitro benzene ring substituents is 1. The number of carbonyl (C=O) groups excluding carboxylic acids is 2. The number of nitrogens with zero attached hydrogens (tertiary/aromatic N) is 4. The summed E-state index contributed by atoms with van der Waals surface area (Å²) in [6.45, 7) is 4.91. The van der Waals surface area contributed by atoms with E-state index < -0.39 is 16.7 Å². The Kier molecular flexibility index (Phi) is 7.55. The smallest absolute Gasteiger partial charge is 0.270 e. The van der Waals surface area contributed by atoms with Gasteiger partial charge in [-0.2, -0.15) is 0 Å². The SMILES string of the molecule is Cc1cc(NC(=O)CN(CCN2CCOCC2)C(=O)c2ccc([N+](=O)[O-])cc2Cl)no1. The van der Waals surface area contributed by atoms with Gasteiger partial charge in [-0.15, -0.1) is 0 Å². The second-order valence-electron chi connectivity index (χ2n) is 6.97. The Morgan fingerprint density at radius 3 is 2.68 bits per heavy atom. The van der Waals surface area contributed by atoms with E-state index in [0.29, 0.717) is 25.5 Å². The van der Waals surface area contributed by atoms with Gasteiger partial charge >= 0.3 is 0 Å². The van der Waals surface area contributed by atoms with Gasteiger partial charge in [0.2, 0.25) is 5.91 Å². The summed E-state index contributed by atoms with van der Waals surface area (Å²) < 4.78 is 10.3. The summed E-state index contributed by atoms with van der Waals surface area (Å²) in [7, 11) is 0. The Morgan fingerprint density at radius 2 is 2.06 bits per heavy atom. The summed E-state index contributed by atoms with van der Waals surface area (Å²) in [6.07, 6.45) is 0. The van der Waals surface area contributed by atoms with Crippen LogP contribution in [-0.2, 0) is 9.53 Å². The predicted octanol–water partition coefficient (Wildman–Crippen LogP) is 1.96. The minimum Gasteiger partial charge on any atom is -0.379 e. The Morgan fingerprint density at radius 1 is 1.32 bits per heavy atom. The lowest BCUT2D eigenvalue weighted by Crippen LogP contribution is -2.45. The predicted molar refractivity (Wildman–Crippen MR) is 111 cm³/mol. The van der Waals surface area contributed by atoms with E-state index in [1.165, 1.54) is 17.0 Å². The molecule has 0 bridgehead atoms. The van der Waals surface area contributed by atoms with Crippen LogP contribution < -0.4 is 5.32 Å². The van der Waals surface area contributed by atoms with Gasteiger partial charge in [0.05, 0.1) is 28.7 Å². The molecule has 1 aromatic carbocycles. The van der Waals surface area contributed by atoms with Crippen LogP contribution in [0, 0.1) is 17.0 Å². The maximum absolute atomic E-state index is 13.1. The number of aryl methyl sites for hydroxylation is 1. The summed E-state index contributed by atoms with van der Waals surface area (Å²) in [4.78, 5) is 39.5. The number of anilines is 1. The first-order chi connectivity index (χ1) is 14.8. The summed E-state index contributed by atoms with van der Waals surface area (Å²) in [5.41, 5.74) is -0.139. The van der Waals surface area contributed by atoms with Crippen LogP contribution in [0.1, 0.15) is 16.1 Å². The van der Waals surface area contributed by atoms with Crippen molar-refractivity contribution in [3.8, 4) is 0 Å². The first kappa shape index (κ1) is 22.7. The molecule has 1 aliphatic rings. The van der Waals surface area contributed by atoms with Crippen LogP contribution in [0.25, 0.3) is 0 Å². The van der Waals surface area contributed by atoms with E-state index in [0.717, 1.165) is 19.2 Å². The molecular formula is C19H22ClN5O6. The Bertz CT molecular complexity index is 959. The normalized spacial score (nSPS) is 14.3. The maximum atomic E-state index is 13.1. The van der Waals surface area contributed by atoms with E-state index >= 15 is 0 Å². The lowest BCUT2D eigenvalue weighted by molar-refractivity contribution is -0.384. The van der Waals surface area contributed by atoms with Crippen LogP contribution in [0.15, 0.2) is 28.8 Å². The number of nitrogens with one attached hydrogen (secondary N) is 1. The number of hydrogen-bond acceptors (Lipinski definition) is 8. The fourth-order valence-electron chi connectivity index (χ4n) is 3.08. The van der Waals surface area contributed by atoms with Crippen molar-refractivity contribution in [2.24, 2.45) is 0 Å². The van der Waals surface area contributed by atoms with Crippen LogP contribution in [-0.4, -0.2) is 77.6 Å². The van der Waals surface area contributed by atoms with E-state index in [2.05, 4.69) is 15.4 Å². The van der Waals surface area contributed by atoms with Gasteiger partial charge in [0, 0.05) is 44.4 Å². The standard InChI is InChI=1S/C19H22ClN5O6/c1-13-10-17(22-31-13)21-18(26)12-24(5-4-23-6-8-30-9-7-23)19(27)15-3-2-14(25(28)29)11-16(15)20/h2-3,10-11H,4-9,12H2,1H3,(H,21,22,26). The third-order valence-electron chi connectivity index (χ3n) is 4.70. The minimum absolute atomic E-state index is 0.0527. The van der Waals surface area contributed by atoms with Gasteiger partial charge in [-0.05, 0) is 13.0 Å². The number of hydrogen-bond donors (Lipinski definition) is 1. The quantitative estimate of drug-likeness (QED) is 0.476. The molecule has 31 heavy (non-hydrogen) atoms. The van der Waals surface area contributed by atoms with Gasteiger partial charge in [-0.3, -0.25) is 24.6 Å². The number of ether oxygens (including phenoxy) is 1. The highest BCUT2D eigenvalue weighted by Gasteiger charge is 2.24. The number of halogens is 1. The molecule has 1 aliphatic heterocycles. The monoisotopic (exact) mass is 451 g/mol. The summed E-state index contributed by atoms with van der Waals surface area (Å²) in [5.74, 6) is -0.175. The third kappa shape index (κ3) is 6.23. The molecule has 12 heteroatoms. The van der Waals surface area contributed by atoms with Crippen LogP contribution >= 0.6 is 11.6 Å². The van der Waals surface area contributed by atoms with E-state index in [1.54, 1.807) is 13.0 Å². The van der Waals surface area contributed by atoms with Crippen molar-refractivity contribution >= 4 is 34.9 Å². The zero-order valence-electron chi connectivity index (χ0n) is 16.9. The molecule has 2 amide bonds. The van der Waals surface area contributed by atoms with Crippen molar-refractivity contribution in [2.75, 3.05) is 51.3 Å². The van der Waals surface area contributed by atoms with Gasteiger partial charge in [-0.25, -0.2) is 0 Å². The van der Waals surface area contributed by atoms with Crippen molar-refractivity contribution in [3.05, 3.63) is 50.7 Å². The Labute approximate surface area is 183 Å². The number of nitro benzene ring substituents is 1. The topological polar surface area (TPSA) is 131 Å². The highest BCUT2D eigenvalue weighted by molar-refractivity contribution is 6.34. The molecule has 0 radical (unpaired) electrons. The van der Waals surface area contributed by atoms with Gasteiger partial charge in [-0.1, -0.05) is 16.8 Å². The second kappa shape index (κ2) is 10.3. The number of rotatable bonds is 8. The highest BCUT2D eigenvalue weighted by atomic mass is 35.5. The van der Waals surface area contributed by atoms with Crippen molar-refractivity contribution < 1.29 is 23.8 Å². The van der Waals surface area contributed by atoms with E-state index in [9.17, 15) is 19.7 Å². The first-order valence-electron chi connectivity index (χ1n) is 9.60. The zero-order valence-corrected chi connectivity index (χ0v) is 17.6. The van der Waals surface area contributed by atoms with Crippen molar-refractivity contribution in [2.45, 2.75) is 6.92 Å². The molecule has 0 saturated carbocycles. The van der Waals surface area contributed by atoms with Crippen molar-refractivity contribution in [3.63, 3.8) is 0 Å². The molecule has 1 aromatic heterocycles. The van der Waals surface area contributed by atoms with Crippen molar-refractivity contribution in [1.29, 1.82) is 0 Å². The Balaban J connectivity index is 1.74. The van der Waals surface area contributed by atoms with E-state index in [1.807, 2.05) is 0 Å². The van der Waals surface area contributed by atoms with Crippen LogP contribution in [0.5, 0.6) is 0 Å². The average molecular weight is 452 g/mol. The third-order valence-corrected chi connectivity index (χ3v) is 5.01. The molecule has 0 spiro atoms. The van der Waals surface area contributed by atoms with Crippen molar-refractivity contribution in [1.82, 2.24) is 15.0 Å². The summed E-state index contributed by atoms with van der Waals surface area (Å²) in [5, 5.41) is 17.2.